The van der Waals surface area contributed by atoms with Crippen LogP contribution in [0.5, 0.6) is 0 Å². The molecule has 2 fully saturated rings. The zero-order chi connectivity index (χ0) is 25.2. The van der Waals surface area contributed by atoms with Gasteiger partial charge in [-0.2, -0.15) is 0 Å². The topological polar surface area (TPSA) is 59.1 Å². The quantitative estimate of drug-likeness (QED) is 0.356. The maximum atomic E-state index is 12.6. The lowest BCUT2D eigenvalue weighted by Crippen LogP contribution is -2.62. The van der Waals surface area contributed by atoms with Crippen LogP contribution in [0.4, 0.5) is 0 Å². The van der Waals surface area contributed by atoms with E-state index in [0.717, 1.165) is 51.6 Å². The normalized spacial score (nSPS) is 25.5. The molecule has 2 rings (SSSR count). The molecule has 0 aliphatic carbocycles. The van der Waals surface area contributed by atoms with E-state index in [-0.39, 0.29) is 40.8 Å². The lowest BCUT2D eigenvalue weighted by Gasteiger charge is -2.55. The maximum absolute atomic E-state index is 12.6. The number of piperidine rings is 2. The average Bonchev–Trinajstić information content (AvgIpc) is 2.59. The second-order valence-corrected chi connectivity index (χ2v) is 12.8. The van der Waals surface area contributed by atoms with Crippen LogP contribution in [-0.2, 0) is 19.1 Å². The molecule has 33 heavy (non-hydrogen) atoms. The molecule has 0 radical (unpaired) electrons. The molecule has 6 heteroatoms. The molecule has 2 heterocycles. The van der Waals surface area contributed by atoms with E-state index in [1.165, 1.54) is 0 Å². The molecule has 0 aromatic carbocycles. The van der Waals surface area contributed by atoms with Crippen molar-refractivity contribution in [2.75, 3.05) is 13.1 Å². The summed E-state index contributed by atoms with van der Waals surface area (Å²) in [7, 11) is 0. The van der Waals surface area contributed by atoms with Crippen LogP contribution in [0.1, 0.15) is 114 Å². The van der Waals surface area contributed by atoms with Gasteiger partial charge >= 0.3 is 11.9 Å². The molecule has 0 saturated carbocycles. The van der Waals surface area contributed by atoms with Gasteiger partial charge in [0.25, 0.3) is 0 Å². The van der Waals surface area contributed by atoms with Gasteiger partial charge in [0.05, 0.1) is 0 Å². The van der Waals surface area contributed by atoms with E-state index in [4.69, 9.17) is 9.47 Å². The third-order valence-electron chi connectivity index (χ3n) is 7.61. The molecule has 0 aromatic rings. The van der Waals surface area contributed by atoms with Crippen LogP contribution >= 0.6 is 0 Å². The molecular weight excluding hydrogens is 416 g/mol. The summed E-state index contributed by atoms with van der Waals surface area (Å²) in [4.78, 5) is 30.3. The first-order valence-electron chi connectivity index (χ1n) is 13.0. The van der Waals surface area contributed by atoms with E-state index in [0.29, 0.717) is 0 Å². The predicted molar refractivity (Wildman–Crippen MR) is 133 cm³/mol. The van der Waals surface area contributed by atoms with Crippen molar-refractivity contribution in [3.05, 3.63) is 0 Å². The minimum atomic E-state index is -0.470. The van der Waals surface area contributed by atoms with E-state index in [1.807, 2.05) is 0 Å². The summed E-state index contributed by atoms with van der Waals surface area (Å²) >= 11 is 0. The van der Waals surface area contributed by atoms with Crippen LogP contribution in [0.25, 0.3) is 0 Å². The van der Waals surface area contributed by atoms with Gasteiger partial charge in [-0.25, -0.2) is 0 Å². The number of hydrogen-bond acceptors (Lipinski definition) is 6. The average molecular weight is 467 g/mol. The van der Waals surface area contributed by atoms with Crippen molar-refractivity contribution in [2.24, 2.45) is 0 Å². The van der Waals surface area contributed by atoms with Crippen LogP contribution in [0.2, 0.25) is 0 Å². The molecule has 0 N–H and O–H groups in total. The summed E-state index contributed by atoms with van der Waals surface area (Å²) in [5, 5.41) is 0. The Morgan fingerprint density at radius 2 is 0.909 bits per heavy atom. The molecule has 0 aromatic heterocycles. The van der Waals surface area contributed by atoms with Crippen LogP contribution in [0, 0.1) is 0 Å². The minimum Gasteiger partial charge on any atom is -0.462 e. The van der Waals surface area contributed by atoms with Gasteiger partial charge in [0.2, 0.25) is 0 Å². The fourth-order valence-corrected chi connectivity index (χ4v) is 6.85. The van der Waals surface area contributed by atoms with Crippen molar-refractivity contribution >= 4 is 11.9 Å². The van der Waals surface area contributed by atoms with Gasteiger partial charge in [0, 0.05) is 47.8 Å². The molecule has 6 nitrogen and oxygen atoms in total. The summed E-state index contributed by atoms with van der Waals surface area (Å²) in [6.45, 7) is 24.2. The van der Waals surface area contributed by atoms with Gasteiger partial charge in [0.1, 0.15) is 18.6 Å². The summed E-state index contributed by atoms with van der Waals surface area (Å²) < 4.78 is 11.6. The maximum Gasteiger partial charge on any atom is 0.317 e. The van der Waals surface area contributed by atoms with Crippen molar-refractivity contribution in [3.63, 3.8) is 0 Å². The first-order valence-corrected chi connectivity index (χ1v) is 13.0. The molecular formula is C27H50N2O4. The highest BCUT2D eigenvalue weighted by atomic mass is 16.6. The second-order valence-electron chi connectivity index (χ2n) is 12.8. The molecule has 0 unspecified atom stereocenters. The monoisotopic (exact) mass is 466 g/mol. The third kappa shape index (κ3) is 6.94. The van der Waals surface area contributed by atoms with E-state index < -0.39 is 11.9 Å². The fraction of sp³-hybridized carbons (Fsp3) is 0.926. The Kier molecular flexibility index (Phi) is 8.71. The first-order chi connectivity index (χ1) is 15.0. The number of nitrogens with zero attached hydrogens (tertiary/aromatic N) is 2. The van der Waals surface area contributed by atoms with Crippen LogP contribution in [-0.4, -0.2) is 69.2 Å². The largest absolute Gasteiger partial charge is 0.462 e. The van der Waals surface area contributed by atoms with Gasteiger partial charge in [-0.15, -0.1) is 0 Å². The van der Waals surface area contributed by atoms with Crippen LogP contribution in [0.3, 0.4) is 0 Å². The highest BCUT2D eigenvalue weighted by molar-refractivity contribution is 5.91. The van der Waals surface area contributed by atoms with Gasteiger partial charge in [-0.05, 0) is 81.3 Å². The zero-order valence-electron chi connectivity index (χ0n) is 23.0. The number of rotatable bonds is 8. The highest BCUT2D eigenvalue weighted by Crippen LogP contribution is 2.41. The third-order valence-corrected chi connectivity index (χ3v) is 7.61. The van der Waals surface area contributed by atoms with Crippen molar-refractivity contribution in [3.8, 4) is 0 Å². The minimum absolute atomic E-state index is 0.0627. The van der Waals surface area contributed by atoms with E-state index >= 15 is 0 Å². The summed E-state index contributed by atoms with van der Waals surface area (Å²) in [6, 6.07) is 0. The van der Waals surface area contributed by atoms with Gasteiger partial charge < -0.3 is 9.47 Å². The predicted octanol–water partition coefficient (Wildman–Crippen LogP) is 5.33. The van der Waals surface area contributed by atoms with Gasteiger partial charge in [-0.3, -0.25) is 19.4 Å². The Balaban J connectivity index is 1.93. The van der Waals surface area contributed by atoms with Crippen molar-refractivity contribution in [2.45, 2.75) is 149 Å². The van der Waals surface area contributed by atoms with Crippen molar-refractivity contribution in [1.82, 2.24) is 9.80 Å². The molecule has 2 aliphatic rings. The Labute approximate surface area is 202 Å². The highest BCUT2D eigenvalue weighted by Gasteiger charge is 2.47. The molecule has 192 valence electrons. The zero-order valence-corrected chi connectivity index (χ0v) is 23.0. The summed E-state index contributed by atoms with van der Waals surface area (Å²) in [5.41, 5.74) is -0.251. The van der Waals surface area contributed by atoms with Crippen molar-refractivity contribution in [1.29, 1.82) is 0 Å². The van der Waals surface area contributed by atoms with E-state index in [2.05, 4.69) is 79.0 Å². The van der Waals surface area contributed by atoms with E-state index in [1.54, 1.807) is 0 Å². The van der Waals surface area contributed by atoms with Crippen LogP contribution in [0.15, 0.2) is 0 Å². The fourth-order valence-electron chi connectivity index (χ4n) is 6.85. The Hall–Kier alpha value is -1.14. The summed E-state index contributed by atoms with van der Waals surface area (Å²) in [5.74, 6) is -0.940. The van der Waals surface area contributed by atoms with E-state index in [9.17, 15) is 9.59 Å². The Morgan fingerprint density at radius 3 is 1.15 bits per heavy atom. The summed E-state index contributed by atoms with van der Waals surface area (Å²) in [6.07, 6.45) is 4.60. The molecule has 2 aliphatic heterocycles. The standard InChI is InChI=1S/C27H50N2O4/c1-11-13-28-24(3,4)16-20(17-25(28,5)6)32-22(30)15-23(31)33-21-18-26(7,8)29(14-12-2)27(9,10)19-21/h20-21H,11-19H2,1-10H3. The number of carbonyl (C=O) groups is 2. The SMILES string of the molecule is CCCN1C(C)(C)CC(OC(=O)CC(=O)OC2CC(C)(C)N(CCC)C(C)(C)C2)CC1(C)C. The Morgan fingerprint density at radius 1 is 0.636 bits per heavy atom. The molecule has 0 atom stereocenters. The number of likely N-dealkylation sites (tertiary alicyclic amines) is 2. The second kappa shape index (κ2) is 10.2. The molecule has 0 spiro atoms. The Bertz CT molecular complexity index is 604. The van der Waals surface area contributed by atoms with Crippen LogP contribution < -0.4 is 0 Å². The number of ether oxygens (including phenoxy) is 2. The number of esters is 2. The van der Waals surface area contributed by atoms with Crippen molar-refractivity contribution < 1.29 is 19.1 Å². The lowest BCUT2D eigenvalue weighted by atomic mass is 9.78. The number of carbonyl (C=O) groups excluding carboxylic acids is 2. The smallest absolute Gasteiger partial charge is 0.317 e. The lowest BCUT2D eigenvalue weighted by molar-refractivity contribution is -0.170. The molecule has 2 saturated heterocycles. The van der Waals surface area contributed by atoms with Gasteiger partial charge in [0.15, 0.2) is 0 Å². The molecule has 0 amide bonds. The first kappa shape index (κ1) is 28.1. The number of hydrogen-bond donors (Lipinski definition) is 0. The molecule has 0 bridgehead atoms. The van der Waals surface area contributed by atoms with Gasteiger partial charge in [-0.1, -0.05) is 13.8 Å².